The quantitative estimate of drug-likeness (QED) is 0.707. The van der Waals surface area contributed by atoms with Gasteiger partial charge in [0.05, 0.1) is 15.5 Å². The van der Waals surface area contributed by atoms with Gasteiger partial charge in [0.15, 0.2) is 0 Å². The van der Waals surface area contributed by atoms with Crippen LogP contribution in [0.15, 0.2) is 35.1 Å². The van der Waals surface area contributed by atoms with Gasteiger partial charge in [-0.1, -0.05) is 0 Å². The molecule has 1 aromatic heterocycles. The third-order valence-electron chi connectivity index (χ3n) is 1.71. The number of aromatic nitrogens is 2. The summed E-state index contributed by atoms with van der Waals surface area (Å²) in [6.07, 6.45) is 3.55. The lowest BCUT2D eigenvalue weighted by Crippen LogP contribution is -1.96. The van der Waals surface area contributed by atoms with Gasteiger partial charge in [-0.05, 0) is 50.7 Å². The zero-order valence-corrected chi connectivity index (χ0v) is 10.7. The van der Waals surface area contributed by atoms with Crippen LogP contribution in [0.4, 0.5) is 4.39 Å². The maximum atomic E-state index is 13.0. The van der Waals surface area contributed by atoms with E-state index in [9.17, 15) is 4.39 Å². The third kappa shape index (κ3) is 1.98. The molecule has 2 nitrogen and oxygen atoms in total. The molecule has 0 saturated heterocycles. The first-order valence-electron chi connectivity index (χ1n) is 3.82. The van der Waals surface area contributed by atoms with Crippen LogP contribution in [0.2, 0.25) is 0 Å². The molecule has 0 aliphatic carbocycles. The van der Waals surface area contributed by atoms with Crippen LogP contribution in [-0.2, 0) is 0 Å². The summed E-state index contributed by atoms with van der Waals surface area (Å²) in [6, 6.07) is 4.51. The summed E-state index contributed by atoms with van der Waals surface area (Å²) >= 11 is 5.50. The summed E-state index contributed by atoms with van der Waals surface area (Å²) in [5, 5.41) is 4.10. The van der Waals surface area contributed by atoms with Crippen molar-refractivity contribution in [3.05, 3.63) is 44.5 Å². The first-order valence-corrected chi connectivity index (χ1v) is 5.69. The molecule has 1 aromatic carbocycles. The van der Waals surface area contributed by atoms with Gasteiger partial charge in [-0.2, -0.15) is 5.10 Å². The molecule has 2 aromatic rings. The number of halogens is 3. The Labute approximate surface area is 102 Å². The smallest absolute Gasteiger partial charge is 0.125 e. The van der Waals surface area contributed by atoms with Crippen molar-refractivity contribution < 1.29 is 4.39 Å². The minimum atomic E-state index is -0.270. The van der Waals surface area contributed by atoms with E-state index in [4.69, 9.17) is 0 Å². The van der Waals surface area contributed by atoms with Crippen molar-refractivity contribution in [3.63, 3.8) is 0 Å². The molecule has 0 aliphatic rings. The minimum Gasteiger partial charge on any atom is -0.239 e. The van der Waals surface area contributed by atoms with Gasteiger partial charge in [0.1, 0.15) is 5.82 Å². The predicted octanol–water partition coefficient (Wildman–Crippen LogP) is 3.38. The van der Waals surface area contributed by atoms with Crippen LogP contribution >= 0.6 is 38.5 Å². The normalized spacial score (nSPS) is 10.5. The Balaban J connectivity index is 2.55. The lowest BCUT2D eigenvalue weighted by atomic mass is 10.3. The highest BCUT2D eigenvalue weighted by molar-refractivity contribution is 14.1. The number of benzene rings is 1. The van der Waals surface area contributed by atoms with E-state index < -0.39 is 0 Å². The van der Waals surface area contributed by atoms with E-state index in [1.807, 2.05) is 6.20 Å². The summed E-state index contributed by atoms with van der Waals surface area (Å²) in [4.78, 5) is 0. The highest BCUT2D eigenvalue weighted by Crippen LogP contribution is 2.21. The molecular weight excluding hydrogens is 362 g/mol. The third-order valence-corrected chi connectivity index (χ3v) is 2.93. The molecule has 0 N–H and O–H groups in total. The largest absolute Gasteiger partial charge is 0.239 e. The van der Waals surface area contributed by atoms with Gasteiger partial charge in [-0.3, -0.25) is 0 Å². The average molecular weight is 367 g/mol. The van der Waals surface area contributed by atoms with E-state index in [0.717, 1.165) is 8.04 Å². The van der Waals surface area contributed by atoms with E-state index in [-0.39, 0.29) is 5.82 Å². The first-order chi connectivity index (χ1) is 6.66. The van der Waals surface area contributed by atoms with Crippen molar-refractivity contribution in [1.82, 2.24) is 9.78 Å². The SMILES string of the molecule is Fc1ccc(Br)c(-n2cc(I)cn2)c1. The van der Waals surface area contributed by atoms with E-state index in [0.29, 0.717) is 5.69 Å². The van der Waals surface area contributed by atoms with Crippen LogP contribution in [0.3, 0.4) is 0 Å². The maximum absolute atomic E-state index is 13.0. The van der Waals surface area contributed by atoms with Gasteiger partial charge in [0.2, 0.25) is 0 Å². The number of hydrogen-bond donors (Lipinski definition) is 0. The number of hydrogen-bond acceptors (Lipinski definition) is 1. The summed E-state index contributed by atoms with van der Waals surface area (Å²) in [5.74, 6) is -0.270. The number of rotatable bonds is 1. The lowest BCUT2D eigenvalue weighted by molar-refractivity contribution is 0.625. The van der Waals surface area contributed by atoms with Crippen molar-refractivity contribution >= 4 is 38.5 Å². The lowest BCUT2D eigenvalue weighted by Gasteiger charge is -2.03. The van der Waals surface area contributed by atoms with Crippen molar-refractivity contribution in [2.75, 3.05) is 0 Å². The summed E-state index contributed by atoms with van der Waals surface area (Å²) < 4.78 is 16.4. The molecule has 2 rings (SSSR count). The number of nitrogens with zero attached hydrogens (tertiary/aromatic N) is 2. The van der Waals surface area contributed by atoms with Gasteiger partial charge in [-0.25, -0.2) is 9.07 Å². The van der Waals surface area contributed by atoms with E-state index in [1.165, 1.54) is 12.1 Å². The minimum absolute atomic E-state index is 0.270. The van der Waals surface area contributed by atoms with Gasteiger partial charge in [0.25, 0.3) is 0 Å². The zero-order chi connectivity index (χ0) is 10.1. The van der Waals surface area contributed by atoms with Gasteiger partial charge < -0.3 is 0 Å². The molecule has 0 atom stereocenters. The van der Waals surface area contributed by atoms with Crippen LogP contribution in [0.5, 0.6) is 0 Å². The van der Waals surface area contributed by atoms with Crippen LogP contribution < -0.4 is 0 Å². The van der Waals surface area contributed by atoms with Crippen LogP contribution in [0, 0.1) is 9.39 Å². The van der Waals surface area contributed by atoms with Crippen molar-refractivity contribution in [1.29, 1.82) is 0 Å². The summed E-state index contributed by atoms with van der Waals surface area (Å²) in [7, 11) is 0. The molecule has 1 heterocycles. The molecule has 14 heavy (non-hydrogen) atoms. The molecule has 0 saturated carbocycles. The second-order valence-corrected chi connectivity index (χ2v) is 4.80. The van der Waals surface area contributed by atoms with E-state index >= 15 is 0 Å². The standard InChI is InChI=1S/C9H5BrFIN2/c10-8-2-1-6(11)3-9(8)14-5-7(12)4-13-14/h1-5H. The molecule has 0 amide bonds. The van der Waals surface area contributed by atoms with Gasteiger partial charge >= 0.3 is 0 Å². The fourth-order valence-electron chi connectivity index (χ4n) is 1.09. The Morgan fingerprint density at radius 2 is 2.21 bits per heavy atom. The molecular formula is C9H5BrFIN2. The van der Waals surface area contributed by atoms with Crippen molar-refractivity contribution in [2.45, 2.75) is 0 Å². The Kier molecular flexibility index (Phi) is 2.87. The first kappa shape index (κ1) is 10.1. The summed E-state index contributed by atoms with van der Waals surface area (Å²) in [5.41, 5.74) is 0.702. The second kappa shape index (κ2) is 3.98. The Morgan fingerprint density at radius 1 is 1.43 bits per heavy atom. The maximum Gasteiger partial charge on any atom is 0.125 e. The average Bonchev–Trinajstić information content (AvgIpc) is 2.56. The van der Waals surface area contributed by atoms with E-state index in [1.54, 1.807) is 16.9 Å². The molecule has 5 heteroatoms. The Bertz CT molecular complexity index is 470. The fraction of sp³-hybridized carbons (Fsp3) is 0. The van der Waals surface area contributed by atoms with Gasteiger partial charge in [0, 0.05) is 16.7 Å². The highest BCUT2D eigenvalue weighted by Gasteiger charge is 2.04. The predicted molar refractivity (Wildman–Crippen MR) is 63.9 cm³/mol. The molecule has 72 valence electrons. The molecule has 0 radical (unpaired) electrons. The van der Waals surface area contributed by atoms with Crippen molar-refractivity contribution in [2.24, 2.45) is 0 Å². The molecule has 0 bridgehead atoms. The molecule has 0 spiro atoms. The monoisotopic (exact) mass is 366 g/mol. The molecule has 0 aliphatic heterocycles. The van der Waals surface area contributed by atoms with E-state index in [2.05, 4.69) is 43.6 Å². The van der Waals surface area contributed by atoms with Crippen LogP contribution in [-0.4, -0.2) is 9.78 Å². The Hall–Kier alpha value is -0.430. The van der Waals surface area contributed by atoms with Crippen molar-refractivity contribution in [3.8, 4) is 5.69 Å². The van der Waals surface area contributed by atoms with Crippen LogP contribution in [0.1, 0.15) is 0 Å². The summed E-state index contributed by atoms with van der Waals surface area (Å²) in [6.45, 7) is 0. The Morgan fingerprint density at radius 3 is 2.86 bits per heavy atom. The highest BCUT2D eigenvalue weighted by atomic mass is 127. The molecule has 0 fully saturated rings. The fourth-order valence-corrected chi connectivity index (χ4v) is 1.91. The second-order valence-electron chi connectivity index (χ2n) is 2.70. The zero-order valence-electron chi connectivity index (χ0n) is 6.92. The molecule has 0 unspecified atom stereocenters. The topological polar surface area (TPSA) is 17.8 Å². The van der Waals surface area contributed by atoms with Crippen LogP contribution in [0.25, 0.3) is 5.69 Å². The van der Waals surface area contributed by atoms with Gasteiger partial charge in [-0.15, -0.1) is 0 Å².